The second-order valence-corrected chi connectivity index (χ2v) is 7.07. The summed E-state index contributed by atoms with van der Waals surface area (Å²) in [6.45, 7) is 7.18. The van der Waals surface area contributed by atoms with E-state index in [0.717, 1.165) is 19.6 Å². The molecule has 2 rings (SSSR count). The van der Waals surface area contributed by atoms with E-state index in [2.05, 4.69) is 54.9 Å². The van der Waals surface area contributed by atoms with Crippen molar-refractivity contribution in [2.75, 3.05) is 19.6 Å². The highest BCUT2D eigenvalue weighted by Crippen LogP contribution is 2.37. The number of hydrogen-bond acceptors (Lipinski definition) is 2. The second kappa shape index (κ2) is 11.1. The molecule has 1 aliphatic carbocycles. The van der Waals surface area contributed by atoms with Crippen molar-refractivity contribution in [3.05, 3.63) is 35.9 Å². The van der Waals surface area contributed by atoms with Gasteiger partial charge in [0.25, 0.3) is 0 Å². The van der Waals surface area contributed by atoms with E-state index in [-0.39, 0.29) is 5.92 Å². The van der Waals surface area contributed by atoms with E-state index in [1.165, 1.54) is 37.7 Å². The highest BCUT2D eigenvalue weighted by atomic mass is 16.1. The first-order chi connectivity index (χ1) is 12.3. The highest BCUT2D eigenvalue weighted by molar-refractivity contribution is 5.86. The molecule has 1 saturated carbocycles. The molecule has 1 fully saturated rings. The van der Waals surface area contributed by atoms with Gasteiger partial charge in [-0.25, -0.2) is 0 Å². The second-order valence-electron chi connectivity index (χ2n) is 7.07. The zero-order valence-corrected chi connectivity index (χ0v) is 16.0. The van der Waals surface area contributed by atoms with Gasteiger partial charge in [0, 0.05) is 18.8 Å². The summed E-state index contributed by atoms with van der Waals surface area (Å²) >= 11 is 0. The Morgan fingerprint density at radius 1 is 1.08 bits per heavy atom. The van der Waals surface area contributed by atoms with Crippen LogP contribution in [0.25, 0.3) is 0 Å². The van der Waals surface area contributed by atoms with Crippen molar-refractivity contribution >= 4 is 5.78 Å². The third-order valence-corrected chi connectivity index (χ3v) is 5.45. The number of hydrogen-bond donors (Lipinski definition) is 0. The maximum atomic E-state index is 13.0. The zero-order valence-electron chi connectivity index (χ0n) is 16.0. The molecule has 1 unspecified atom stereocenters. The van der Waals surface area contributed by atoms with Gasteiger partial charge in [-0.15, -0.1) is 5.92 Å². The summed E-state index contributed by atoms with van der Waals surface area (Å²) in [5, 5.41) is 0. The molecule has 0 amide bonds. The number of benzene rings is 1. The van der Waals surface area contributed by atoms with Gasteiger partial charge in [-0.05, 0) is 37.4 Å². The molecule has 1 atom stereocenters. The fourth-order valence-electron chi connectivity index (χ4n) is 3.89. The summed E-state index contributed by atoms with van der Waals surface area (Å²) < 4.78 is 0. The number of Topliss-reactive ketones (excluding diaryl/α,β-unsaturated/α-hetero) is 1. The van der Waals surface area contributed by atoms with Crippen molar-refractivity contribution < 1.29 is 4.79 Å². The molecule has 0 aliphatic heterocycles. The van der Waals surface area contributed by atoms with Crippen molar-refractivity contribution in [3.8, 4) is 11.8 Å². The number of carbonyl (C=O) groups is 1. The SMILES string of the molecule is CCN(CC)CC#CCCC(=O)C(c1ccccc1)C1CCCCC1. The Bertz CT molecular complexity index is 559. The number of ketones is 1. The molecule has 0 radical (unpaired) electrons. The monoisotopic (exact) mass is 339 g/mol. The predicted molar refractivity (Wildman–Crippen MR) is 106 cm³/mol. The Kier molecular flexibility index (Phi) is 8.77. The maximum absolute atomic E-state index is 13.0. The van der Waals surface area contributed by atoms with Crippen LogP contribution in [-0.4, -0.2) is 30.3 Å². The van der Waals surface area contributed by atoms with Crippen LogP contribution in [0.1, 0.15) is 70.3 Å². The lowest BCUT2D eigenvalue weighted by Crippen LogP contribution is -2.24. The highest BCUT2D eigenvalue weighted by Gasteiger charge is 2.30. The van der Waals surface area contributed by atoms with Crippen LogP contribution < -0.4 is 0 Å². The molecule has 1 aliphatic rings. The molecule has 25 heavy (non-hydrogen) atoms. The molecule has 0 aromatic heterocycles. The summed E-state index contributed by atoms with van der Waals surface area (Å²) in [6.07, 6.45) is 7.52. The van der Waals surface area contributed by atoms with Gasteiger partial charge in [-0.2, -0.15) is 0 Å². The van der Waals surface area contributed by atoms with Crippen LogP contribution in [0.5, 0.6) is 0 Å². The lowest BCUT2D eigenvalue weighted by Gasteiger charge is -2.29. The van der Waals surface area contributed by atoms with Gasteiger partial charge in [-0.3, -0.25) is 9.69 Å². The average Bonchev–Trinajstić information content (AvgIpc) is 2.66. The summed E-state index contributed by atoms with van der Waals surface area (Å²) in [4.78, 5) is 15.3. The minimum Gasteiger partial charge on any atom is -0.299 e. The lowest BCUT2D eigenvalue weighted by atomic mass is 9.74. The van der Waals surface area contributed by atoms with Crippen LogP contribution in [0.2, 0.25) is 0 Å². The number of nitrogens with zero attached hydrogens (tertiary/aromatic N) is 1. The molecule has 0 saturated heterocycles. The van der Waals surface area contributed by atoms with Crippen molar-refractivity contribution in [2.24, 2.45) is 5.92 Å². The zero-order chi connectivity index (χ0) is 17.9. The van der Waals surface area contributed by atoms with Crippen molar-refractivity contribution in [1.29, 1.82) is 0 Å². The van der Waals surface area contributed by atoms with Crippen LogP contribution in [0.3, 0.4) is 0 Å². The molecule has 1 aromatic carbocycles. The van der Waals surface area contributed by atoms with E-state index in [4.69, 9.17) is 0 Å². The molecule has 0 bridgehead atoms. The Balaban J connectivity index is 1.95. The fourth-order valence-corrected chi connectivity index (χ4v) is 3.89. The first-order valence-corrected chi connectivity index (χ1v) is 10.0. The quantitative estimate of drug-likeness (QED) is 0.618. The van der Waals surface area contributed by atoms with Gasteiger partial charge in [-0.1, -0.05) is 69.4 Å². The smallest absolute Gasteiger partial charge is 0.141 e. The molecular formula is C23H33NO. The summed E-state index contributed by atoms with van der Waals surface area (Å²) in [5.41, 5.74) is 1.20. The van der Waals surface area contributed by atoms with Crippen molar-refractivity contribution in [3.63, 3.8) is 0 Å². The van der Waals surface area contributed by atoms with E-state index in [1.54, 1.807) is 0 Å². The number of carbonyl (C=O) groups excluding carboxylic acids is 1. The fraction of sp³-hybridized carbons (Fsp3) is 0.609. The van der Waals surface area contributed by atoms with E-state index >= 15 is 0 Å². The minimum atomic E-state index is 0.0751. The van der Waals surface area contributed by atoms with Gasteiger partial charge in [0.05, 0.1) is 6.54 Å². The van der Waals surface area contributed by atoms with E-state index in [1.807, 2.05) is 6.07 Å². The van der Waals surface area contributed by atoms with Gasteiger partial charge in [0.1, 0.15) is 5.78 Å². The maximum Gasteiger partial charge on any atom is 0.141 e. The van der Waals surface area contributed by atoms with Gasteiger partial charge in [0.2, 0.25) is 0 Å². The third-order valence-electron chi connectivity index (χ3n) is 5.45. The largest absolute Gasteiger partial charge is 0.299 e. The first kappa shape index (κ1) is 19.7. The van der Waals surface area contributed by atoms with Crippen molar-refractivity contribution in [1.82, 2.24) is 4.90 Å². The molecule has 136 valence electrons. The Morgan fingerprint density at radius 3 is 2.40 bits per heavy atom. The molecule has 1 aromatic rings. The molecule has 0 N–H and O–H groups in total. The van der Waals surface area contributed by atoms with Crippen LogP contribution in [-0.2, 0) is 4.79 Å². The average molecular weight is 340 g/mol. The van der Waals surface area contributed by atoms with Gasteiger partial charge >= 0.3 is 0 Å². The molecule has 0 heterocycles. The van der Waals surface area contributed by atoms with Gasteiger partial charge < -0.3 is 0 Å². The standard InChI is InChI=1S/C23H33NO/c1-3-24(4-2)19-13-7-12-18-22(25)23(20-14-8-5-9-15-20)21-16-10-6-11-17-21/h5,8-9,14-15,21,23H,3-4,6,10-12,16-19H2,1-2H3. The minimum absolute atomic E-state index is 0.0751. The third kappa shape index (κ3) is 6.33. The van der Waals surface area contributed by atoms with Crippen LogP contribution >= 0.6 is 0 Å². The Hall–Kier alpha value is -1.59. The topological polar surface area (TPSA) is 20.3 Å². The number of rotatable bonds is 8. The molecular weight excluding hydrogens is 306 g/mol. The lowest BCUT2D eigenvalue weighted by molar-refractivity contribution is -0.121. The predicted octanol–water partition coefficient (Wildman–Crippen LogP) is 5.05. The summed E-state index contributed by atoms with van der Waals surface area (Å²) in [7, 11) is 0. The Labute approximate surface area is 154 Å². The summed E-state index contributed by atoms with van der Waals surface area (Å²) in [6, 6.07) is 10.4. The van der Waals surface area contributed by atoms with E-state index in [9.17, 15) is 4.79 Å². The first-order valence-electron chi connectivity index (χ1n) is 10.0. The van der Waals surface area contributed by atoms with Crippen molar-refractivity contribution in [2.45, 2.75) is 64.7 Å². The molecule has 2 heteroatoms. The van der Waals surface area contributed by atoms with E-state index < -0.39 is 0 Å². The van der Waals surface area contributed by atoms with Crippen LogP contribution in [0.15, 0.2) is 30.3 Å². The normalized spacial score (nSPS) is 16.3. The summed E-state index contributed by atoms with van der Waals surface area (Å²) in [5.74, 6) is 7.42. The Morgan fingerprint density at radius 2 is 1.76 bits per heavy atom. The van der Waals surface area contributed by atoms with Crippen LogP contribution in [0.4, 0.5) is 0 Å². The molecule has 2 nitrogen and oxygen atoms in total. The van der Waals surface area contributed by atoms with Gasteiger partial charge in [0.15, 0.2) is 0 Å². The van der Waals surface area contributed by atoms with Crippen LogP contribution in [0, 0.1) is 17.8 Å². The van der Waals surface area contributed by atoms with E-state index in [0.29, 0.717) is 24.5 Å². The molecule has 0 spiro atoms.